The first-order chi connectivity index (χ1) is 9.13. The number of Topliss-reactive ketones (excluding diaryl/α,β-unsaturated/α-hetero) is 1. The van der Waals surface area contributed by atoms with Crippen molar-refractivity contribution in [2.24, 2.45) is 0 Å². The number of aryl methyl sites for hydroxylation is 1. The Morgan fingerprint density at radius 2 is 2.00 bits per heavy atom. The molecule has 100 valence electrons. The summed E-state index contributed by atoms with van der Waals surface area (Å²) in [6.45, 7) is 1.92. The highest BCUT2D eigenvalue weighted by Gasteiger charge is 2.12. The van der Waals surface area contributed by atoms with Crippen LogP contribution in [-0.2, 0) is 6.42 Å². The summed E-state index contributed by atoms with van der Waals surface area (Å²) in [5, 5.41) is 2.77. The number of hydrogen-bond acceptors (Lipinski definition) is 5. The zero-order chi connectivity index (χ0) is 13.8. The van der Waals surface area contributed by atoms with Crippen LogP contribution in [-0.4, -0.2) is 25.0 Å². The van der Waals surface area contributed by atoms with Crippen molar-refractivity contribution in [1.82, 2.24) is 4.98 Å². The number of benzene rings is 1. The van der Waals surface area contributed by atoms with E-state index in [0.717, 1.165) is 10.7 Å². The van der Waals surface area contributed by atoms with E-state index >= 15 is 0 Å². The molecule has 0 saturated heterocycles. The number of thiazole rings is 1. The van der Waals surface area contributed by atoms with E-state index in [1.54, 1.807) is 32.4 Å². The predicted molar refractivity (Wildman–Crippen MR) is 74.4 cm³/mol. The molecule has 2 rings (SSSR count). The Bertz CT molecular complexity index is 592. The van der Waals surface area contributed by atoms with Gasteiger partial charge in [0, 0.05) is 16.6 Å². The summed E-state index contributed by atoms with van der Waals surface area (Å²) < 4.78 is 10.3. The average molecular weight is 277 g/mol. The molecule has 0 unspecified atom stereocenters. The van der Waals surface area contributed by atoms with Crippen LogP contribution in [0.3, 0.4) is 0 Å². The zero-order valence-corrected chi connectivity index (χ0v) is 11.9. The summed E-state index contributed by atoms with van der Waals surface area (Å²) in [6.07, 6.45) is 0.313. The molecule has 0 aliphatic carbocycles. The Morgan fingerprint density at radius 1 is 1.26 bits per heavy atom. The number of aromatic nitrogens is 1. The van der Waals surface area contributed by atoms with Crippen LogP contribution in [0, 0.1) is 6.92 Å². The molecule has 0 saturated carbocycles. The van der Waals surface area contributed by atoms with Gasteiger partial charge in [0.25, 0.3) is 0 Å². The molecule has 1 aromatic carbocycles. The van der Waals surface area contributed by atoms with E-state index in [-0.39, 0.29) is 5.78 Å². The van der Waals surface area contributed by atoms with Gasteiger partial charge in [-0.25, -0.2) is 4.98 Å². The molecule has 1 aromatic heterocycles. The Balaban J connectivity index is 2.19. The molecule has 1 heterocycles. The summed E-state index contributed by atoms with van der Waals surface area (Å²) in [6, 6.07) is 5.17. The van der Waals surface area contributed by atoms with Crippen LogP contribution in [0.15, 0.2) is 23.6 Å². The standard InChI is InChI=1S/C14H15NO3S/c1-9-8-19-14(15-9)7-11(16)10-4-5-12(17-2)13(6-10)18-3/h4-6,8H,7H2,1-3H3. The van der Waals surface area contributed by atoms with Gasteiger partial charge in [-0.2, -0.15) is 0 Å². The van der Waals surface area contributed by atoms with Crippen LogP contribution in [0.1, 0.15) is 21.1 Å². The fourth-order valence-corrected chi connectivity index (χ4v) is 2.50. The Morgan fingerprint density at radius 3 is 2.58 bits per heavy atom. The number of ketones is 1. The molecule has 4 nitrogen and oxygen atoms in total. The van der Waals surface area contributed by atoms with Gasteiger partial charge >= 0.3 is 0 Å². The minimum atomic E-state index is 0.0234. The van der Waals surface area contributed by atoms with Gasteiger partial charge in [-0.3, -0.25) is 4.79 Å². The van der Waals surface area contributed by atoms with E-state index in [0.29, 0.717) is 23.5 Å². The minimum absolute atomic E-state index is 0.0234. The molecule has 0 N–H and O–H groups in total. The number of ether oxygens (including phenoxy) is 2. The van der Waals surface area contributed by atoms with E-state index in [2.05, 4.69) is 4.98 Å². The second kappa shape index (κ2) is 5.84. The first kappa shape index (κ1) is 13.5. The molecule has 0 bridgehead atoms. The third-order valence-corrected chi connectivity index (χ3v) is 3.65. The number of nitrogens with zero attached hydrogens (tertiary/aromatic N) is 1. The predicted octanol–water partition coefficient (Wildman–Crippen LogP) is 2.89. The molecule has 19 heavy (non-hydrogen) atoms. The lowest BCUT2D eigenvalue weighted by Crippen LogP contribution is -2.04. The van der Waals surface area contributed by atoms with Gasteiger partial charge in [0.15, 0.2) is 17.3 Å². The highest BCUT2D eigenvalue weighted by molar-refractivity contribution is 7.09. The fraction of sp³-hybridized carbons (Fsp3) is 0.286. The molecule has 0 spiro atoms. The van der Waals surface area contributed by atoms with Crippen LogP contribution < -0.4 is 9.47 Å². The van der Waals surface area contributed by atoms with Crippen molar-refractivity contribution in [3.63, 3.8) is 0 Å². The number of rotatable bonds is 5. The van der Waals surface area contributed by atoms with Crippen molar-refractivity contribution in [1.29, 1.82) is 0 Å². The Labute approximate surface area is 116 Å². The molecule has 0 aliphatic heterocycles. The van der Waals surface area contributed by atoms with Gasteiger partial charge in [-0.15, -0.1) is 11.3 Å². The fourth-order valence-electron chi connectivity index (χ4n) is 1.73. The topological polar surface area (TPSA) is 48.4 Å². The normalized spacial score (nSPS) is 10.3. The van der Waals surface area contributed by atoms with E-state index in [9.17, 15) is 4.79 Å². The SMILES string of the molecule is COc1ccc(C(=O)Cc2nc(C)cs2)cc1OC. The third kappa shape index (κ3) is 3.12. The zero-order valence-electron chi connectivity index (χ0n) is 11.1. The quantitative estimate of drug-likeness (QED) is 0.788. The third-order valence-electron chi connectivity index (χ3n) is 2.68. The lowest BCUT2D eigenvalue weighted by Gasteiger charge is -2.08. The molecule has 5 heteroatoms. The maximum absolute atomic E-state index is 12.2. The number of methoxy groups -OCH3 is 2. The maximum atomic E-state index is 12.2. The largest absolute Gasteiger partial charge is 0.493 e. The molecule has 2 aromatic rings. The molecule has 0 amide bonds. The second-order valence-corrected chi connectivity index (χ2v) is 4.99. The lowest BCUT2D eigenvalue weighted by atomic mass is 10.1. The molecule has 0 radical (unpaired) electrons. The summed E-state index contributed by atoms with van der Waals surface area (Å²) in [7, 11) is 3.12. The van der Waals surface area contributed by atoms with Crippen LogP contribution in [0.25, 0.3) is 0 Å². The second-order valence-electron chi connectivity index (χ2n) is 4.05. The minimum Gasteiger partial charge on any atom is -0.493 e. The van der Waals surface area contributed by atoms with Crippen LogP contribution in [0.4, 0.5) is 0 Å². The van der Waals surface area contributed by atoms with Gasteiger partial charge in [-0.05, 0) is 25.1 Å². The first-order valence-electron chi connectivity index (χ1n) is 5.80. The van der Waals surface area contributed by atoms with Crippen molar-refractivity contribution in [3.05, 3.63) is 39.8 Å². The molecule has 0 fully saturated rings. The molecule has 0 atom stereocenters. The molecular weight excluding hydrogens is 262 g/mol. The van der Waals surface area contributed by atoms with Crippen molar-refractivity contribution in [2.45, 2.75) is 13.3 Å². The van der Waals surface area contributed by atoms with E-state index in [1.807, 2.05) is 12.3 Å². The molecule has 0 aliphatic rings. The number of carbonyl (C=O) groups is 1. The number of hydrogen-bond donors (Lipinski definition) is 0. The summed E-state index contributed by atoms with van der Waals surface area (Å²) >= 11 is 1.50. The Kier molecular flexibility index (Phi) is 4.16. The van der Waals surface area contributed by atoms with Crippen LogP contribution >= 0.6 is 11.3 Å². The van der Waals surface area contributed by atoms with E-state index < -0.39 is 0 Å². The van der Waals surface area contributed by atoms with Gasteiger partial charge in [0.1, 0.15) is 5.01 Å². The highest BCUT2D eigenvalue weighted by Crippen LogP contribution is 2.28. The monoisotopic (exact) mass is 277 g/mol. The smallest absolute Gasteiger partial charge is 0.169 e. The summed E-state index contributed by atoms with van der Waals surface area (Å²) in [5.74, 6) is 1.20. The van der Waals surface area contributed by atoms with Crippen molar-refractivity contribution in [2.75, 3.05) is 14.2 Å². The maximum Gasteiger partial charge on any atom is 0.169 e. The Hall–Kier alpha value is -1.88. The van der Waals surface area contributed by atoms with Gasteiger partial charge < -0.3 is 9.47 Å². The number of carbonyl (C=O) groups excluding carboxylic acids is 1. The average Bonchev–Trinajstić information content (AvgIpc) is 2.83. The van der Waals surface area contributed by atoms with E-state index in [4.69, 9.17) is 9.47 Å². The molecular formula is C14H15NO3S. The highest BCUT2D eigenvalue weighted by atomic mass is 32.1. The first-order valence-corrected chi connectivity index (χ1v) is 6.68. The lowest BCUT2D eigenvalue weighted by molar-refractivity contribution is 0.0992. The van der Waals surface area contributed by atoms with Gasteiger partial charge in [0.05, 0.1) is 20.6 Å². The van der Waals surface area contributed by atoms with Gasteiger partial charge in [0.2, 0.25) is 0 Å². The van der Waals surface area contributed by atoms with Crippen LogP contribution in [0.5, 0.6) is 11.5 Å². The van der Waals surface area contributed by atoms with Crippen molar-refractivity contribution < 1.29 is 14.3 Å². The van der Waals surface area contributed by atoms with Crippen molar-refractivity contribution >= 4 is 17.1 Å². The van der Waals surface area contributed by atoms with Crippen molar-refractivity contribution in [3.8, 4) is 11.5 Å². The van der Waals surface area contributed by atoms with E-state index in [1.165, 1.54) is 11.3 Å². The summed E-state index contributed by atoms with van der Waals surface area (Å²) in [4.78, 5) is 16.5. The summed E-state index contributed by atoms with van der Waals surface area (Å²) in [5.41, 5.74) is 1.55. The van der Waals surface area contributed by atoms with Crippen LogP contribution in [0.2, 0.25) is 0 Å². The van der Waals surface area contributed by atoms with Gasteiger partial charge in [-0.1, -0.05) is 0 Å².